The van der Waals surface area contributed by atoms with E-state index in [1.165, 1.54) is 43.5 Å². The van der Waals surface area contributed by atoms with Crippen LogP contribution in [-0.4, -0.2) is 19.1 Å². The molecule has 2 N–H and O–H groups in total. The third kappa shape index (κ3) is 2.38. The molecular formula is C17H26N2. The summed E-state index contributed by atoms with van der Waals surface area (Å²) >= 11 is 0. The largest absolute Gasteiger partial charge is 0.367 e. The van der Waals surface area contributed by atoms with Crippen molar-refractivity contribution in [3.63, 3.8) is 0 Å². The standard InChI is InChI=1S/C17H26N2/c1-13-6-2-4-8-16(13)19-12-14(10-11-18)15-7-3-5-9-17(15)19/h3,5,7,9,13-14,16H,2,4,6,8,10-12,18H2,1H3. The van der Waals surface area contributed by atoms with Crippen LogP contribution in [0.3, 0.4) is 0 Å². The van der Waals surface area contributed by atoms with Crippen molar-refractivity contribution < 1.29 is 0 Å². The molecule has 3 atom stereocenters. The first kappa shape index (κ1) is 13.0. The fourth-order valence-corrected chi connectivity index (χ4v) is 4.05. The molecule has 1 heterocycles. The predicted octanol–water partition coefficient (Wildman–Crippen LogP) is 3.52. The number of nitrogens with zero attached hydrogens (tertiary/aromatic N) is 1. The molecular weight excluding hydrogens is 232 g/mol. The summed E-state index contributed by atoms with van der Waals surface area (Å²) in [5.41, 5.74) is 8.82. The number of anilines is 1. The van der Waals surface area contributed by atoms with Gasteiger partial charge in [-0.3, -0.25) is 0 Å². The van der Waals surface area contributed by atoms with Gasteiger partial charge < -0.3 is 10.6 Å². The van der Waals surface area contributed by atoms with Crippen molar-refractivity contribution in [3.8, 4) is 0 Å². The summed E-state index contributed by atoms with van der Waals surface area (Å²) in [7, 11) is 0. The van der Waals surface area contributed by atoms with Crippen molar-refractivity contribution in [3.05, 3.63) is 29.8 Å². The van der Waals surface area contributed by atoms with Gasteiger partial charge >= 0.3 is 0 Å². The topological polar surface area (TPSA) is 29.3 Å². The van der Waals surface area contributed by atoms with Gasteiger partial charge in [0.05, 0.1) is 0 Å². The van der Waals surface area contributed by atoms with Crippen LogP contribution in [0.2, 0.25) is 0 Å². The molecule has 0 saturated heterocycles. The molecule has 1 aliphatic heterocycles. The van der Waals surface area contributed by atoms with Gasteiger partial charge in [0.25, 0.3) is 0 Å². The van der Waals surface area contributed by atoms with E-state index in [1.54, 1.807) is 0 Å². The molecule has 1 fully saturated rings. The zero-order valence-electron chi connectivity index (χ0n) is 12.0. The van der Waals surface area contributed by atoms with Crippen molar-refractivity contribution in [2.45, 2.75) is 51.0 Å². The SMILES string of the molecule is CC1CCCCC1N1CC(CCN)c2ccccc21. The summed E-state index contributed by atoms with van der Waals surface area (Å²) in [5, 5.41) is 0. The molecule has 3 rings (SSSR count). The minimum absolute atomic E-state index is 0.648. The monoisotopic (exact) mass is 258 g/mol. The molecule has 0 spiro atoms. The predicted molar refractivity (Wildman–Crippen MR) is 81.6 cm³/mol. The molecule has 1 saturated carbocycles. The second kappa shape index (κ2) is 5.54. The van der Waals surface area contributed by atoms with Gasteiger partial charge in [-0.1, -0.05) is 38.0 Å². The van der Waals surface area contributed by atoms with Crippen LogP contribution >= 0.6 is 0 Å². The molecule has 2 nitrogen and oxygen atoms in total. The lowest BCUT2D eigenvalue weighted by molar-refractivity contribution is 0.314. The lowest BCUT2D eigenvalue weighted by atomic mass is 9.85. The Morgan fingerprint density at radius 2 is 2.00 bits per heavy atom. The second-order valence-corrected chi connectivity index (χ2v) is 6.31. The molecule has 1 aromatic carbocycles. The highest BCUT2D eigenvalue weighted by Crippen LogP contribution is 2.42. The van der Waals surface area contributed by atoms with Crippen molar-refractivity contribution in [1.82, 2.24) is 0 Å². The number of nitrogens with two attached hydrogens (primary N) is 1. The van der Waals surface area contributed by atoms with Crippen molar-refractivity contribution in [1.29, 1.82) is 0 Å². The van der Waals surface area contributed by atoms with Crippen LogP contribution in [0.4, 0.5) is 5.69 Å². The van der Waals surface area contributed by atoms with E-state index in [1.807, 2.05) is 0 Å². The van der Waals surface area contributed by atoms with E-state index in [4.69, 9.17) is 5.73 Å². The number of hydrogen-bond acceptors (Lipinski definition) is 2. The summed E-state index contributed by atoms with van der Waals surface area (Å²) in [5.74, 6) is 1.48. The van der Waals surface area contributed by atoms with Gasteiger partial charge in [-0.25, -0.2) is 0 Å². The smallest absolute Gasteiger partial charge is 0.0405 e. The summed E-state index contributed by atoms with van der Waals surface area (Å²) in [4.78, 5) is 2.69. The molecule has 104 valence electrons. The Kier molecular flexibility index (Phi) is 3.79. The van der Waals surface area contributed by atoms with Crippen molar-refractivity contribution in [2.24, 2.45) is 11.7 Å². The molecule has 1 aliphatic carbocycles. The van der Waals surface area contributed by atoms with Gasteiger partial charge in [-0.15, -0.1) is 0 Å². The van der Waals surface area contributed by atoms with Gasteiger partial charge in [0.1, 0.15) is 0 Å². The van der Waals surface area contributed by atoms with Crippen LogP contribution in [0.1, 0.15) is 50.5 Å². The minimum atomic E-state index is 0.648. The Hall–Kier alpha value is -1.02. The Morgan fingerprint density at radius 3 is 2.79 bits per heavy atom. The Labute approximate surface area is 117 Å². The number of hydrogen-bond donors (Lipinski definition) is 1. The maximum atomic E-state index is 5.80. The van der Waals surface area contributed by atoms with E-state index in [0.29, 0.717) is 5.92 Å². The second-order valence-electron chi connectivity index (χ2n) is 6.31. The first-order valence-corrected chi connectivity index (χ1v) is 7.87. The first-order valence-electron chi connectivity index (χ1n) is 7.87. The third-order valence-electron chi connectivity index (χ3n) is 5.08. The average Bonchev–Trinajstić information content (AvgIpc) is 2.79. The number of rotatable bonds is 3. The lowest BCUT2D eigenvalue weighted by Gasteiger charge is -2.38. The molecule has 0 amide bonds. The number of fused-ring (bicyclic) bond motifs is 1. The van der Waals surface area contributed by atoms with Crippen LogP contribution < -0.4 is 10.6 Å². The van der Waals surface area contributed by atoms with E-state index >= 15 is 0 Å². The van der Waals surface area contributed by atoms with Gasteiger partial charge in [-0.05, 0) is 43.4 Å². The molecule has 19 heavy (non-hydrogen) atoms. The summed E-state index contributed by atoms with van der Waals surface area (Å²) < 4.78 is 0. The maximum absolute atomic E-state index is 5.80. The third-order valence-corrected chi connectivity index (χ3v) is 5.08. The van der Waals surface area contributed by atoms with Crippen LogP contribution in [0.5, 0.6) is 0 Å². The van der Waals surface area contributed by atoms with E-state index < -0.39 is 0 Å². The van der Waals surface area contributed by atoms with Gasteiger partial charge in [0.2, 0.25) is 0 Å². The van der Waals surface area contributed by atoms with E-state index in [0.717, 1.165) is 24.9 Å². The molecule has 1 aromatic rings. The van der Waals surface area contributed by atoms with Gasteiger partial charge in [0, 0.05) is 24.2 Å². The fraction of sp³-hybridized carbons (Fsp3) is 0.647. The zero-order chi connectivity index (χ0) is 13.2. The van der Waals surface area contributed by atoms with Crippen LogP contribution in [0.25, 0.3) is 0 Å². The van der Waals surface area contributed by atoms with Crippen LogP contribution in [-0.2, 0) is 0 Å². The zero-order valence-corrected chi connectivity index (χ0v) is 12.0. The van der Waals surface area contributed by atoms with Crippen molar-refractivity contribution in [2.75, 3.05) is 18.0 Å². The summed E-state index contributed by atoms with van der Waals surface area (Å²) in [6.45, 7) is 4.42. The molecule has 0 bridgehead atoms. The molecule has 2 heteroatoms. The summed E-state index contributed by atoms with van der Waals surface area (Å²) in [6, 6.07) is 9.73. The van der Waals surface area contributed by atoms with Gasteiger partial charge in [-0.2, -0.15) is 0 Å². The van der Waals surface area contributed by atoms with Gasteiger partial charge in [0.15, 0.2) is 0 Å². The van der Waals surface area contributed by atoms with E-state index in [2.05, 4.69) is 36.1 Å². The highest BCUT2D eigenvalue weighted by molar-refractivity contribution is 5.61. The van der Waals surface area contributed by atoms with Crippen LogP contribution in [0, 0.1) is 5.92 Å². The average molecular weight is 258 g/mol. The minimum Gasteiger partial charge on any atom is -0.367 e. The molecule has 2 aliphatic rings. The fourth-order valence-electron chi connectivity index (χ4n) is 4.05. The molecule has 0 radical (unpaired) electrons. The Bertz CT molecular complexity index is 429. The maximum Gasteiger partial charge on any atom is 0.0405 e. The normalized spacial score (nSPS) is 30.4. The Morgan fingerprint density at radius 1 is 1.21 bits per heavy atom. The van der Waals surface area contributed by atoms with E-state index in [9.17, 15) is 0 Å². The van der Waals surface area contributed by atoms with E-state index in [-0.39, 0.29) is 0 Å². The quantitative estimate of drug-likeness (QED) is 0.899. The summed E-state index contributed by atoms with van der Waals surface area (Å²) in [6.07, 6.45) is 6.69. The first-order chi connectivity index (χ1) is 9.31. The Balaban J connectivity index is 1.87. The van der Waals surface area contributed by atoms with Crippen molar-refractivity contribution >= 4 is 5.69 Å². The number of benzene rings is 1. The number of para-hydroxylation sites is 1. The molecule has 0 aromatic heterocycles. The highest BCUT2D eigenvalue weighted by Gasteiger charge is 2.35. The highest BCUT2D eigenvalue weighted by atomic mass is 15.2. The van der Waals surface area contributed by atoms with Crippen LogP contribution in [0.15, 0.2) is 24.3 Å². The molecule has 3 unspecified atom stereocenters. The lowest BCUT2D eigenvalue weighted by Crippen LogP contribution is -2.41.